The zero-order valence-corrected chi connectivity index (χ0v) is 9.85. The third-order valence-electron chi connectivity index (χ3n) is 2.50. The number of hydrogen-bond donors (Lipinski definition) is 2. The molecule has 19 heavy (non-hydrogen) atoms. The van der Waals surface area contributed by atoms with Crippen molar-refractivity contribution < 1.29 is 15.1 Å². The van der Waals surface area contributed by atoms with Gasteiger partial charge >= 0.3 is 0 Å². The number of benzene rings is 2. The predicted molar refractivity (Wildman–Crippen MR) is 71.8 cm³/mol. The molecule has 0 spiro atoms. The predicted octanol–water partition coefficient (Wildman–Crippen LogP) is 3.18. The summed E-state index contributed by atoms with van der Waals surface area (Å²) in [5.74, 6) is -0.0494. The van der Waals surface area contributed by atoms with Gasteiger partial charge in [0.15, 0.2) is 0 Å². The summed E-state index contributed by atoms with van der Waals surface area (Å²) in [5, 5.41) is 29.1. The highest BCUT2D eigenvalue weighted by Crippen LogP contribution is 2.22. The maximum absolute atomic E-state index is 10.5. The number of nitrogens with zero attached hydrogens (tertiary/aromatic N) is 1. The van der Waals surface area contributed by atoms with Crippen molar-refractivity contribution in [2.24, 2.45) is 0 Å². The highest BCUT2D eigenvalue weighted by atomic mass is 16.6. The van der Waals surface area contributed by atoms with Crippen LogP contribution in [0.4, 0.5) is 5.69 Å². The van der Waals surface area contributed by atoms with Gasteiger partial charge in [0.1, 0.15) is 11.5 Å². The Hall–Kier alpha value is -2.82. The molecule has 0 atom stereocenters. The molecule has 96 valence electrons. The van der Waals surface area contributed by atoms with Crippen LogP contribution in [0.3, 0.4) is 0 Å². The van der Waals surface area contributed by atoms with Gasteiger partial charge in [0.05, 0.1) is 4.92 Å². The molecule has 0 fully saturated rings. The number of nitro groups is 1. The third kappa shape index (κ3) is 3.32. The van der Waals surface area contributed by atoms with Gasteiger partial charge in [-0.05, 0) is 35.4 Å². The van der Waals surface area contributed by atoms with Crippen molar-refractivity contribution in [2.75, 3.05) is 0 Å². The van der Waals surface area contributed by atoms with Gasteiger partial charge in [-0.2, -0.15) is 0 Å². The molecule has 2 aromatic carbocycles. The first-order chi connectivity index (χ1) is 9.04. The van der Waals surface area contributed by atoms with Crippen LogP contribution < -0.4 is 0 Å². The lowest BCUT2D eigenvalue weighted by Crippen LogP contribution is -1.86. The van der Waals surface area contributed by atoms with E-state index >= 15 is 0 Å². The summed E-state index contributed by atoms with van der Waals surface area (Å²) in [5.41, 5.74) is 1.46. The van der Waals surface area contributed by atoms with E-state index in [1.807, 2.05) is 0 Å². The summed E-state index contributed by atoms with van der Waals surface area (Å²) < 4.78 is 0. The largest absolute Gasteiger partial charge is 0.508 e. The Labute approximate surface area is 109 Å². The smallest absolute Gasteiger partial charge is 0.269 e. The van der Waals surface area contributed by atoms with Crippen LogP contribution in [0.2, 0.25) is 0 Å². The molecule has 0 aliphatic rings. The van der Waals surface area contributed by atoms with E-state index < -0.39 is 4.92 Å². The Morgan fingerprint density at radius 1 is 0.895 bits per heavy atom. The second-order valence-electron chi connectivity index (χ2n) is 3.96. The normalized spacial score (nSPS) is 10.7. The summed E-state index contributed by atoms with van der Waals surface area (Å²) in [6, 6.07) is 10.3. The first-order valence-electron chi connectivity index (χ1n) is 5.50. The topological polar surface area (TPSA) is 83.6 Å². The van der Waals surface area contributed by atoms with Crippen molar-refractivity contribution in [3.8, 4) is 11.5 Å². The average Bonchev–Trinajstić information content (AvgIpc) is 2.36. The lowest BCUT2D eigenvalue weighted by Gasteiger charge is -1.98. The molecule has 2 aromatic rings. The van der Waals surface area contributed by atoms with Crippen LogP contribution in [0.25, 0.3) is 12.2 Å². The van der Waals surface area contributed by atoms with Crippen LogP contribution in [0, 0.1) is 10.1 Å². The van der Waals surface area contributed by atoms with Crippen LogP contribution in [0.1, 0.15) is 11.1 Å². The molecule has 0 aliphatic heterocycles. The third-order valence-corrected chi connectivity index (χ3v) is 2.50. The number of phenolic OH excluding ortho intramolecular Hbond substituents is 2. The van der Waals surface area contributed by atoms with E-state index in [1.54, 1.807) is 24.3 Å². The molecule has 0 saturated carbocycles. The minimum atomic E-state index is -0.458. The van der Waals surface area contributed by atoms with Crippen molar-refractivity contribution in [3.05, 3.63) is 63.7 Å². The summed E-state index contributed by atoms with van der Waals surface area (Å²) in [6.45, 7) is 0. The number of nitro benzene ring substituents is 1. The minimum absolute atomic E-state index is 0.0247. The number of aromatic hydroxyl groups is 2. The van der Waals surface area contributed by atoms with Gasteiger partial charge in [-0.3, -0.25) is 10.1 Å². The Balaban J connectivity index is 2.20. The van der Waals surface area contributed by atoms with Gasteiger partial charge in [0.2, 0.25) is 0 Å². The molecule has 5 heteroatoms. The molecule has 0 radical (unpaired) electrons. The monoisotopic (exact) mass is 257 g/mol. The van der Waals surface area contributed by atoms with Crippen molar-refractivity contribution >= 4 is 17.8 Å². The lowest BCUT2D eigenvalue weighted by molar-refractivity contribution is -0.384. The summed E-state index contributed by atoms with van der Waals surface area (Å²) >= 11 is 0. The summed E-state index contributed by atoms with van der Waals surface area (Å²) in [4.78, 5) is 10.0. The molecule has 0 bridgehead atoms. The van der Waals surface area contributed by atoms with E-state index in [0.717, 1.165) is 5.56 Å². The molecule has 0 saturated heterocycles. The Morgan fingerprint density at radius 3 is 1.95 bits per heavy atom. The standard InChI is InChI=1S/C14H11NO4/c16-13-7-11(8-14(17)9-13)2-1-10-3-5-12(6-4-10)15(18)19/h1-9,16-17H. The zero-order valence-electron chi connectivity index (χ0n) is 9.85. The van der Waals surface area contributed by atoms with Crippen LogP contribution in [-0.4, -0.2) is 15.1 Å². The van der Waals surface area contributed by atoms with Crippen LogP contribution in [0.5, 0.6) is 11.5 Å². The number of hydrogen-bond acceptors (Lipinski definition) is 4. The van der Waals surface area contributed by atoms with Gasteiger partial charge in [-0.25, -0.2) is 0 Å². The van der Waals surface area contributed by atoms with Crippen LogP contribution in [0.15, 0.2) is 42.5 Å². The van der Waals surface area contributed by atoms with E-state index in [9.17, 15) is 20.3 Å². The molecule has 0 amide bonds. The summed E-state index contributed by atoms with van der Waals surface area (Å²) in [6.07, 6.45) is 3.43. The molecule has 0 aromatic heterocycles. The van der Waals surface area contributed by atoms with E-state index in [0.29, 0.717) is 5.56 Å². The molecule has 2 N–H and O–H groups in total. The quantitative estimate of drug-likeness (QED) is 0.502. The van der Waals surface area contributed by atoms with E-state index in [-0.39, 0.29) is 17.2 Å². The SMILES string of the molecule is O=[N+]([O-])c1ccc(C=Cc2cc(O)cc(O)c2)cc1. The van der Waals surface area contributed by atoms with Gasteiger partial charge in [0.25, 0.3) is 5.69 Å². The fourth-order valence-corrected chi connectivity index (χ4v) is 1.61. The van der Waals surface area contributed by atoms with Crippen molar-refractivity contribution in [2.45, 2.75) is 0 Å². The Kier molecular flexibility index (Phi) is 3.47. The van der Waals surface area contributed by atoms with Gasteiger partial charge in [-0.1, -0.05) is 12.2 Å². The number of rotatable bonds is 3. The van der Waals surface area contributed by atoms with Crippen molar-refractivity contribution in [1.82, 2.24) is 0 Å². The fourth-order valence-electron chi connectivity index (χ4n) is 1.61. The fraction of sp³-hybridized carbons (Fsp3) is 0. The Morgan fingerprint density at radius 2 is 1.42 bits per heavy atom. The van der Waals surface area contributed by atoms with E-state index in [1.165, 1.54) is 30.3 Å². The maximum atomic E-state index is 10.5. The molecular formula is C14H11NO4. The first kappa shape index (κ1) is 12.6. The van der Waals surface area contributed by atoms with Crippen LogP contribution in [-0.2, 0) is 0 Å². The number of phenols is 2. The molecule has 0 unspecified atom stereocenters. The molecule has 0 heterocycles. The highest BCUT2D eigenvalue weighted by Gasteiger charge is 2.02. The molecule has 5 nitrogen and oxygen atoms in total. The average molecular weight is 257 g/mol. The molecular weight excluding hydrogens is 246 g/mol. The van der Waals surface area contributed by atoms with Crippen molar-refractivity contribution in [1.29, 1.82) is 0 Å². The second-order valence-corrected chi connectivity index (χ2v) is 3.96. The molecule has 0 aliphatic carbocycles. The lowest BCUT2D eigenvalue weighted by atomic mass is 10.1. The first-order valence-corrected chi connectivity index (χ1v) is 5.50. The maximum Gasteiger partial charge on any atom is 0.269 e. The van der Waals surface area contributed by atoms with Crippen LogP contribution >= 0.6 is 0 Å². The van der Waals surface area contributed by atoms with Gasteiger partial charge < -0.3 is 10.2 Å². The molecule has 2 rings (SSSR count). The zero-order chi connectivity index (χ0) is 13.8. The van der Waals surface area contributed by atoms with Gasteiger partial charge in [-0.15, -0.1) is 0 Å². The van der Waals surface area contributed by atoms with E-state index in [4.69, 9.17) is 0 Å². The van der Waals surface area contributed by atoms with Gasteiger partial charge in [0, 0.05) is 18.2 Å². The summed E-state index contributed by atoms with van der Waals surface area (Å²) in [7, 11) is 0. The van der Waals surface area contributed by atoms with Crippen molar-refractivity contribution in [3.63, 3.8) is 0 Å². The minimum Gasteiger partial charge on any atom is -0.508 e. The highest BCUT2D eigenvalue weighted by molar-refractivity contribution is 5.71. The Bertz CT molecular complexity index is 612. The number of non-ortho nitro benzene ring substituents is 1. The van der Waals surface area contributed by atoms with E-state index in [2.05, 4.69) is 0 Å². The second kappa shape index (κ2) is 5.22.